The van der Waals surface area contributed by atoms with Crippen molar-refractivity contribution in [1.82, 2.24) is 14.9 Å². The van der Waals surface area contributed by atoms with Gasteiger partial charge in [0.05, 0.1) is 6.54 Å². The predicted octanol–water partition coefficient (Wildman–Crippen LogP) is 2.07. The lowest BCUT2D eigenvalue weighted by Crippen LogP contribution is -2.31. The molecule has 0 radical (unpaired) electrons. The van der Waals surface area contributed by atoms with E-state index < -0.39 is 0 Å². The predicted molar refractivity (Wildman–Crippen MR) is 78.5 cm³/mol. The van der Waals surface area contributed by atoms with Crippen molar-refractivity contribution in [2.75, 3.05) is 6.54 Å². The summed E-state index contributed by atoms with van der Waals surface area (Å²) in [6, 6.07) is 3.76. The zero-order valence-electron chi connectivity index (χ0n) is 12.4. The molecule has 1 aliphatic rings. The van der Waals surface area contributed by atoms with Gasteiger partial charge in [-0.25, -0.2) is 9.97 Å². The number of aromatic nitrogens is 2. The summed E-state index contributed by atoms with van der Waals surface area (Å²) in [6.45, 7) is 4.70. The third-order valence-corrected chi connectivity index (χ3v) is 3.79. The summed E-state index contributed by atoms with van der Waals surface area (Å²) in [5.74, 6) is 2.48. The van der Waals surface area contributed by atoms with Crippen LogP contribution in [0.2, 0.25) is 0 Å². The Balaban J connectivity index is 1.66. The normalized spacial score (nSPS) is 15.1. The van der Waals surface area contributed by atoms with Crippen molar-refractivity contribution in [2.24, 2.45) is 0 Å². The van der Waals surface area contributed by atoms with Crippen LogP contribution in [0, 0.1) is 0 Å². The first-order valence-corrected chi connectivity index (χ1v) is 7.53. The molecule has 1 N–H and O–H groups in total. The highest BCUT2D eigenvalue weighted by molar-refractivity contribution is 5.21. The number of fused-ring (bicyclic) bond motifs is 1. The quantitative estimate of drug-likeness (QED) is 0.912. The van der Waals surface area contributed by atoms with Crippen molar-refractivity contribution < 1.29 is 9.52 Å². The number of hydrogen-bond donors (Lipinski definition) is 1. The molecule has 2 aromatic heterocycles. The first kappa shape index (κ1) is 14.2. The second-order valence-electron chi connectivity index (χ2n) is 5.49. The largest absolute Gasteiger partial charge is 0.462 e. The maximum absolute atomic E-state index is 9.03. The fourth-order valence-corrected chi connectivity index (χ4v) is 2.71. The van der Waals surface area contributed by atoms with Crippen molar-refractivity contribution in [3.8, 4) is 0 Å². The summed E-state index contributed by atoms with van der Waals surface area (Å²) in [6.07, 6.45) is 4.97. The molecule has 5 nitrogen and oxygen atoms in total. The van der Waals surface area contributed by atoms with Gasteiger partial charge in [-0.2, -0.15) is 0 Å². The second kappa shape index (κ2) is 6.37. The fraction of sp³-hybridized carbons (Fsp3) is 0.500. The lowest BCUT2D eigenvalue weighted by Gasteiger charge is -2.27. The number of nitrogens with zero attached hydrogens (tertiary/aromatic N) is 3. The van der Waals surface area contributed by atoms with E-state index in [2.05, 4.69) is 21.8 Å². The van der Waals surface area contributed by atoms with Crippen LogP contribution >= 0.6 is 0 Å². The molecule has 21 heavy (non-hydrogen) atoms. The zero-order chi connectivity index (χ0) is 14.7. The molecule has 0 atom stereocenters. The SMILES string of the molecule is CCCc1ncc2c(n1)CCN(Cc1ccc(CO)o1)C2. The molecule has 0 aromatic carbocycles. The molecule has 3 heterocycles. The third kappa shape index (κ3) is 3.31. The number of aliphatic hydroxyl groups excluding tert-OH is 1. The molecular weight excluding hydrogens is 266 g/mol. The third-order valence-electron chi connectivity index (χ3n) is 3.79. The number of aliphatic hydroxyl groups is 1. The van der Waals surface area contributed by atoms with E-state index in [1.54, 1.807) is 0 Å². The highest BCUT2D eigenvalue weighted by Gasteiger charge is 2.19. The fourth-order valence-electron chi connectivity index (χ4n) is 2.71. The molecule has 0 amide bonds. The lowest BCUT2D eigenvalue weighted by molar-refractivity contribution is 0.207. The molecular formula is C16H21N3O2. The van der Waals surface area contributed by atoms with Crippen LogP contribution in [0.15, 0.2) is 22.7 Å². The number of hydrogen-bond acceptors (Lipinski definition) is 5. The van der Waals surface area contributed by atoms with E-state index in [4.69, 9.17) is 9.52 Å². The van der Waals surface area contributed by atoms with Crippen LogP contribution in [-0.4, -0.2) is 26.5 Å². The maximum atomic E-state index is 9.03. The molecule has 3 rings (SSSR count). The van der Waals surface area contributed by atoms with Gasteiger partial charge >= 0.3 is 0 Å². The molecule has 0 bridgehead atoms. The van der Waals surface area contributed by atoms with Crippen LogP contribution in [0.4, 0.5) is 0 Å². The van der Waals surface area contributed by atoms with Crippen LogP contribution in [0.25, 0.3) is 0 Å². The Hall–Kier alpha value is -1.72. The van der Waals surface area contributed by atoms with E-state index in [-0.39, 0.29) is 6.61 Å². The molecule has 112 valence electrons. The van der Waals surface area contributed by atoms with Crippen LogP contribution in [0.3, 0.4) is 0 Å². The van der Waals surface area contributed by atoms with Crippen LogP contribution in [0.5, 0.6) is 0 Å². The Labute approximate surface area is 124 Å². The summed E-state index contributed by atoms with van der Waals surface area (Å²) >= 11 is 0. The number of rotatable bonds is 5. The first-order valence-electron chi connectivity index (χ1n) is 7.53. The summed E-state index contributed by atoms with van der Waals surface area (Å²) in [5, 5.41) is 9.03. The molecule has 0 unspecified atom stereocenters. The minimum atomic E-state index is -0.0448. The van der Waals surface area contributed by atoms with Gasteiger partial charge in [-0.15, -0.1) is 0 Å². The Morgan fingerprint density at radius 1 is 1.33 bits per heavy atom. The van der Waals surface area contributed by atoms with Crippen molar-refractivity contribution in [3.05, 3.63) is 46.9 Å². The monoisotopic (exact) mass is 287 g/mol. The van der Waals surface area contributed by atoms with E-state index in [1.165, 1.54) is 11.3 Å². The van der Waals surface area contributed by atoms with Crippen LogP contribution in [-0.2, 0) is 32.5 Å². The number of aryl methyl sites for hydroxylation is 1. The maximum Gasteiger partial charge on any atom is 0.129 e. The Kier molecular flexibility index (Phi) is 4.31. The van der Waals surface area contributed by atoms with Gasteiger partial charge in [0.1, 0.15) is 24.0 Å². The van der Waals surface area contributed by atoms with Gasteiger partial charge in [-0.05, 0) is 18.6 Å². The highest BCUT2D eigenvalue weighted by Crippen LogP contribution is 2.19. The summed E-state index contributed by atoms with van der Waals surface area (Å²) in [4.78, 5) is 11.4. The molecule has 0 fully saturated rings. The van der Waals surface area contributed by atoms with E-state index in [0.717, 1.165) is 50.5 Å². The Morgan fingerprint density at radius 2 is 2.19 bits per heavy atom. The zero-order valence-corrected chi connectivity index (χ0v) is 12.4. The minimum absolute atomic E-state index is 0.0448. The molecule has 5 heteroatoms. The van der Waals surface area contributed by atoms with Crippen molar-refractivity contribution >= 4 is 0 Å². The standard InChI is InChI=1S/C16H21N3O2/c1-2-3-16-17-8-12-9-19(7-6-15(12)18-16)10-13-4-5-14(11-20)21-13/h4-5,8,20H,2-3,6-7,9-11H2,1H3. The van der Waals surface area contributed by atoms with Gasteiger partial charge < -0.3 is 9.52 Å². The summed E-state index contributed by atoms with van der Waals surface area (Å²) in [5.41, 5.74) is 2.41. The topological polar surface area (TPSA) is 62.4 Å². The van der Waals surface area contributed by atoms with Gasteiger partial charge in [0.2, 0.25) is 0 Å². The molecule has 0 saturated carbocycles. The van der Waals surface area contributed by atoms with Crippen molar-refractivity contribution in [2.45, 2.75) is 45.9 Å². The summed E-state index contributed by atoms with van der Waals surface area (Å²) in [7, 11) is 0. The van der Waals surface area contributed by atoms with Gasteiger partial charge in [-0.1, -0.05) is 6.92 Å². The van der Waals surface area contributed by atoms with Gasteiger partial charge in [0.25, 0.3) is 0 Å². The average molecular weight is 287 g/mol. The van der Waals surface area contributed by atoms with E-state index in [1.807, 2.05) is 18.3 Å². The average Bonchev–Trinajstić information content (AvgIpc) is 2.95. The van der Waals surface area contributed by atoms with E-state index in [9.17, 15) is 0 Å². The molecule has 2 aromatic rings. The Bertz CT molecular complexity index is 609. The van der Waals surface area contributed by atoms with Gasteiger partial charge in [0.15, 0.2) is 0 Å². The second-order valence-corrected chi connectivity index (χ2v) is 5.49. The van der Waals surface area contributed by atoms with Crippen molar-refractivity contribution in [1.29, 1.82) is 0 Å². The van der Waals surface area contributed by atoms with Crippen LogP contribution < -0.4 is 0 Å². The molecule has 1 aliphatic heterocycles. The smallest absolute Gasteiger partial charge is 0.129 e. The van der Waals surface area contributed by atoms with Gasteiger partial charge in [0, 0.05) is 43.4 Å². The van der Waals surface area contributed by atoms with E-state index >= 15 is 0 Å². The van der Waals surface area contributed by atoms with Crippen molar-refractivity contribution in [3.63, 3.8) is 0 Å². The molecule has 0 aliphatic carbocycles. The minimum Gasteiger partial charge on any atom is -0.462 e. The molecule has 0 saturated heterocycles. The van der Waals surface area contributed by atoms with Gasteiger partial charge in [-0.3, -0.25) is 4.90 Å². The Morgan fingerprint density at radius 3 is 2.95 bits per heavy atom. The lowest BCUT2D eigenvalue weighted by atomic mass is 10.1. The van der Waals surface area contributed by atoms with Crippen LogP contribution in [0.1, 0.15) is 41.9 Å². The number of furan rings is 1. The highest BCUT2D eigenvalue weighted by atomic mass is 16.4. The van der Waals surface area contributed by atoms with E-state index in [0.29, 0.717) is 5.76 Å². The summed E-state index contributed by atoms with van der Waals surface area (Å²) < 4.78 is 5.55. The first-order chi connectivity index (χ1) is 10.3. The molecule has 0 spiro atoms.